The number of aliphatic carboxylic acids is 1. The first-order valence-corrected chi connectivity index (χ1v) is 12.0. The van der Waals surface area contributed by atoms with Gasteiger partial charge in [0.1, 0.15) is 12.6 Å². The van der Waals surface area contributed by atoms with E-state index in [9.17, 15) is 14.4 Å². The molecule has 0 saturated heterocycles. The Hall–Kier alpha value is -3.79. The van der Waals surface area contributed by atoms with E-state index in [1.54, 1.807) is 6.92 Å². The molecule has 4 rings (SSSR count). The van der Waals surface area contributed by atoms with E-state index in [4.69, 9.17) is 9.84 Å². The summed E-state index contributed by atoms with van der Waals surface area (Å²) in [6, 6.07) is 15.2. The van der Waals surface area contributed by atoms with Crippen LogP contribution in [0.1, 0.15) is 56.1 Å². The van der Waals surface area contributed by atoms with Gasteiger partial charge < -0.3 is 20.5 Å². The van der Waals surface area contributed by atoms with Crippen LogP contribution in [0.4, 0.5) is 4.79 Å². The lowest BCUT2D eigenvalue weighted by atomic mass is 9.98. The Labute approximate surface area is 205 Å². The van der Waals surface area contributed by atoms with E-state index in [2.05, 4.69) is 34.6 Å². The first-order chi connectivity index (χ1) is 17.0. The largest absolute Gasteiger partial charge is 0.481 e. The second-order valence-electron chi connectivity index (χ2n) is 9.14. The van der Waals surface area contributed by atoms with Gasteiger partial charge in [-0.05, 0) is 54.4 Å². The second kappa shape index (κ2) is 11.1. The van der Waals surface area contributed by atoms with Crippen molar-refractivity contribution in [1.82, 2.24) is 10.6 Å². The average molecular weight is 475 g/mol. The molecule has 2 aromatic carbocycles. The predicted octanol–water partition coefficient (Wildman–Crippen LogP) is 4.07. The third kappa shape index (κ3) is 5.83. The highest BCUT2D eigenvalue weighted by molar-refractivity contribution is 5.86. The van der Waals surface area contributed by atoms with Crippen molar-refractivity contribution in [1.29, 1.82) is 0 Å². The van der Waals surface area contributed by atoms with E-state index < -0.39 is 18.1 Å². The van der Waals surface area contributed by atoms with Crippen LogP contribution in [0.15, 0.2) is 48.5 Å². The predicted molar refractivity (Wildman–Crippen MR) is 132 cm³/mol. The van der Waals surface area contributed by atoms with Crippen molar-refractivity contribution < 1.29 is 24.2 Å². The molecule has 1 unspecified atom stereocenters. The maximum Gasteiger partial charge on any atom is 0.407 e. The lowest BCUT2D eigenvalue weighted by Gasteiger charge is -2.20. The van der Waals surface area contributed by atoms with Crippen LogP contribution in [0, 0.1) is 17.8 Å². The highest BCUT2D eigenvalue weighted by Gasteiger charge is 2.31. The van der Waals surface area contributed by atoms with Gasteiger partial charge in [-0.2, -0.15) is 0 Å². The third-order valence-corrected chi connectivity index (χ3v) is 6.79. The van der Waals surface area contributed by atoms with Crippen LogP contribution in [-0.2, 0) is 14.3 Å². The van der Waals surface area contributed by atoms with Crippen molar-refractivity contribution in [2.75, 3.05) is 6.61 Å². The third-order valence-electron chi connectivity index (χ3n) is 6.79. The molecule has 0 aliphatic heterocycles. The number of fused-ring (bicyclic) bond motifs is 3. The Morgan fingerprint density at radius 1 is 1.06 bits per heavy atom. The van der Waals surface area contributed by atoms with Crippen molar-refractivity contribution in [3.8, 4) is 23.0 Å². The van der Waals surface area contributed by atoms with E-state index >= 15 is 0 Å². The summed E-state index contributed by atoms with van der Waals surface area (Å²) in [5, 5.41) is 14.6. The van der Waals surface area contributed by atoms with Crippen LogP contribution < -0.4 is 10.6 Å². The fourth-order valence-electron chi connectivity index (χ4n) is 5.14. The van der Waals surface area contributed by atoms with Crippen LogP contribution >= 0.6 is 0 Å². The number of carboxylic acid groups (broad SMARTS) is 1. The highest BCUT2D eigenvalue weighted by atomic mass is 16.5. The Bertz CT molecular complexity index is 1120. The molecule has 0 radical (unpaired) electrons. The molecule has 35 heavy (non-hydrogen) atoms. The van der Waals surface area contributed by atoms with E-state index in [-0.39, 0.29) is 43.2 Å². The summed E-state index contributed by atoms with van der Waals surface area (Å²) < 4.78 is 5.59. The summed E-state index contributed by atoms with van der Waals surface area (Å²) in [4.78, 5) is 36.5. The van der Waals surface area contributed by atoms with Gasteiger partial charge in [-0.3, -0.25) is 9.59 Å². The van der Waals surface area contributed by atoms with Gasteiger partial charge in [0.15, 0.2) is 0 Å². The average Bonchev–Trinajstić information content (AvgIpc) is 3.41. The number of hydrogen-bond acceptors (Lipinski definition) is 4. The van der Waals surface area contributed by atoms with E-state index in [1.165, 1.54) is 0 Å². The molecule has 1 fully saturated rings. The Kier molecular flexibility index (Phi) is 7.71. The maximum atomic E-state index is 12.9. The van der Waals surface area contributed by atoms with Gasteiger partial charge in [-0.15, -0.1) is 11.8 Å². The van der Waals surface area contributed by atoms with E-state index in [0.717, 1.165) is 35.1 Å². The molecule has 3 atom stereocenters. The molecule has 0 bridgehead atoms. The smallest absolute Gasteiger partial charge is 0.407 e. The van der Waals surface area contributed by atoms with Crippen molar-refractivity contribution >= 4 is 18.0 Å². The summed E-state index contributed by atoms with van der Waals surface area (Å²) in [7, 11) is 0. The molecule has 3 N–H and O–H groups in total. The fourth-order valence-corrected chi connectivity index (χ4v) is 5.14. The summed E-state index contributed by atoms with van der Waals surface area (Å²) in [6.45, 7) is 1.84. The van der Waals surface area contributed by atoms with E-state index in [1.807, 2.05) is 36.4 Å². The number of alkyl carbamates (subject to hydrolysis) is 1. The number of ether oxygens (including phenoxy) is 1. The van der Waals surface area contributed by atoms with Crippen molar-refractivity contribution in [2.45, 2.75) is 57.0 Å². The number of hydrogen-bond donors (Lipinski definition) is 3. The Morgan fingerprint density at radius 3 is 2.34 bits per heavy atom. The molecule has 182 valence electrons. The summed E-state index contributed by atoms with van der Waals surface area (Å²) in [5.41, 5.74) is 4.52. The van der Waals surface area contributed by atoms with Crippen molar-refractivity contribution in [3.63, 3.8) is 0 Å². The SMILES string of the molecule is CC#CCC(NC(=O)OCC1c2ccccc2-c2ccccc21)C(=O)N[C@@H]1CC[C@H](CC(=O)O)C1. The first kappa shape index (κ1) is 24.3. The van der Waals surface area contributed by atoms with Crippen molar-refractivity contribution in [2.24, 2.45) is 5.92 Å². The molecule has 0 heterocycles. The Balaban J connectivity index is 1.35. The molecule has 7 heteroatoms. The summed E-state index contributed by atoms with van der Waals surface area (Å²) in [5.74, 6) is 4.45. The number of benzene rings is 2. The number of carbonyl (C=O) groups is 3. The standard InChI is InChI=1S/C28H30N2O5/c1-2-3-12-25(27(33)29-19-14-13-18(15-19)16-26(31)32)30-28(34)35-17-24-22-10-6-4-8-20(22)21-9-5-7-11-23(21)24/h4-11,18-19,24-25H,12-17H2,1H3,(H,29,33)(H,30,34)(H,31,32)/t18-,19+,25?/m0/s1. The topological polar surface area (TPSA) is 105 Å². The lowest BCUT2D eigenvalue weighted by Crippen LogP contribution is -2.49. The van der Waals surface area contributed by atoms with Crippen LogP contribution in [0.3, 0.4) is 0 Å². The maximum absolute atomic E-state index is 12.9. The zero-order chi connectivity index (χ0) is 24.8. The number of carbonyl (C=O) groups excluding carboxylic acids is 2. The zero-order valence-corrected chi connectivity index (χ0v) is 19.8. The summed E-state index contributed by atoms with van der Waals surface area (Å²) >= 11 is 0. The van der Waals surface area contributed by atoms with Crippen LogP contribution in [0.2, 0.25) is 0 Å². The van der Waals surface area contributed by atoms with Gasteiger partial charge in [0.2, 0.25) is 5.91 Å². The molecule has 2 aromatic rings. The zero-order valence-electron chi connectivity index (χ0n) is 19.8. The van der Waals surface area contributed by atoms with Gasteiger partial charge in [-0.25, -0.2) is 4.79 Å². The summed E-state index contributed by atoms with van der Waals surface area (Å²) in [6.07, 6.45) is 1.71. The lowest BCUT2D eigenvalue weighted by molar-refractivity contribution is -0.138. The van der Waals surface area contributed by atoms with Crippen molar-refractivity contribution in [3.05, 3.63) is 59.7 Å². The van der Waals surface area contributed by atoms with Gasteiger partial charge in [0.25, 0.3) is 0 Å². The molecule has 7 nitrogen and oxygen atoms in total. The number of nitrogens with one attached hydrogen (secondary N) is 2. The normalized spacial score (nSPS) is 19.0. The quantitative estimate of drug-likeness (QED) is 0.501. The Morgan fingerprint density at radius 2 is 1.71 bits per heavy atom. The minimum absolute atomic E-state index is 0.0572. The van der Waals surface area contributed by atoms with Crippen LogP contribution in [-0.4, -0.2) is 41.8 Å². The van der Waals surface area contributed by atoms with Gasteiger partial charge in [0.05, 0.1) is 0 Å². The number of amides is 2. The van der Waals surface area contributed by atoms with Crippen LogP contribution in [0.5, 0.6) is 0 Å². The number of rotatable bonds is 8. The number of carboxylic acids is 1. The molecule has 1 saturated carbocycles. The van der Waals surface area contributed by atoms with Gasteiger partial charge >= 0.3 is 12.1 Å². The second-order valence-corrected chi connectivity index (χ2v) is 9.14. The fraction of sp³-hybridized carbons (Fsp3) is 0.393. The molecule has 2 amide bonds. The molecule has 2 aliphatic rings. The minimum atomic E-state index is -0.850. The molecule has 2 aliphatic carbocycles. The van der Waals surface area contributed by atoms with Crippen LogP contribution in [0.25, 0.3) is 11.1 Å². The molecule has 0 aromatic heterocycles. The van der Waals surface area contributed by atoms with Gasteiger partial charge in [-0.1, -0.05) is 48.5 Å². The first-order valence-electron chi connectivity index (χ1n) is 12.0. The van der Waals surface area contributed by atoms with Gasteiger partial charge in [0, 0.05) is 24.8 Å². The molecule has 0 spiro atoms. The minimum Gasteiger partial charge on any atom is -0.481 e. The highest BCUT2D eigenvalue weighted by Crippen LogP contribution is 2.44. The molecular formula is C28H30N2O5. The van der Waals surface area contributed by atoms with E-state index in [0.29, 0.717) is 6.42 Å². The molecular weight excluding hydrogens is 444 g/mol. The monoisotopic (exact) mass is 474 g/mol.